The van der Waals surface area contributed by atoms with E-state index in [1.54, 1.807) is 13.0 Å². The molecule has 0 atom stereocenters. The molecular weight excluding hydrogens is 308 g/mol. The summed E-state index contributed by atoms with van der Waals surface area (Å²) in [7, 11) is 0. The van der Waals surface area contributed by atoms with Crippen molar-refractivity contribution in [3.8, 4) is 0 Å². The Morgan fingerprint density at radius 1 is 1.09 bits per heavy atom. The third kappa shape index (κ3) is 5.91. The number of hydrogen-bond donors (Lipinski definition) is 1. The maximum atomic E-state index is 10.5. The van der Waals surface area contributed by atoms with Gasteiger partial charge in [0.1, 0.15) is 0 Å². The Morgan fingerprint density at radius 2 is 1.74 bits per heavy atom. The molecule has 1 aromatic rings. The zero-order valence-electron chi connectivity index (χ0n) is 14.3. The third-order valence-electron chi connectivity index (χ3n) is 3.52. The Bertz CT molecular complexity index is 720. The Morgan fingerprint density at radius 3 is 2.35 bits per heavy atom. The first kappa shape index (κ1) is 19.0. The predicted octanol–water partition coefficient (Wildman–Crippen LogP) is 5.81. The molecule has 0 aliphatic rings. The van der Waals surface area contributed by atoms with Gasteiger partial charge in [0, 0.05) is 11.1 Å². The third-order valence-corrected chi connectivity index (χ3v) is 4.10. The average molecular weight is 331 g/mol. The van der Waals surface area contributed by atoms with Gasteiger partial charge in [-0.2, -0.15) is 0 Å². The number of aryl methyl sites for hydroxylation is 2. The molecule has 0 fully saturated rings. The van der Waals surface area contributed by atoms with E-state index in [0.717, 1.165) is 27.3 Å². The first-order chi connectivity index (χ1) is 10.7. The lowest BCUT2D eigenvalue weighted by Crippen LogP contribution is -1.91. The zero-order valence-corrected chi connectivity index (χ0v) is 15.0. The monoisotopic (exact) mass is 330 g/mol. The SMILES string of the molecule is CC(/C=C\c1c(C)cc(C)c(Cl)c1C)=C/C=C\C(C)=C/C(=O)O. The van der Waals surface area contributed by atoms with E-state index < -0.39 is 5.97 Å². The number of rotatable bonds is 5. The number of benzene rings is 1. The van der Waals surface area contributed by atoms with Crippen molar-refractivity contribution in [1.29, 1.82) is 0 Å². The summed E-state index contributed by atoms with van der Waals surface area (Å²) < 4.78 is 0. The van der Waals surface area contributed by atoms with E-state index in [1.807, 2.05) is 39.0 Å². The zero-order chi connectivity index (χ0) is 17.6. The molecule has 0 saturated heterocycles. The molecule has 2 nitrogen and oxygen atoms in total. The highest BCUT2D eigenvalue weighted by Gasteiger charge is 2.06. The Kier molecular flexibility index (Phi) is 7.05. The summed E-state index contributed by atoms with van der Waals surface area (Å²) in [5.41, 5.74) is 6.28. The first-order valence-electron chi connectivity index (χ1n) is 7.43. The molecule has 0 aliphatic heterocycles. The van der Waals surface area contributed by atoms with Crippen LogP contribution in [0.5, 0.6) is 0 Å². The topological polar surface area (TPSA) is 37.3 Å². The van der Waals surface area contributed by atoms with E-state index in [9.17, 15) is 4.79 Å². The first-order valence-corrected chi connectivity index (χ1v) is 7.80. The Hall–Kier alpha value is -2.06. The molecule has 0 saturated carbocycles. The highest BCUT2D eigenvalue weighted by Crippen LogP contribution is 2.27. The summed E-state index contributed by atoms with van der Waals surface area (Å²) >= 11 is 6.32. The van der Waals surface area contributed by atoms with Crippen LogP contribution in [0.15, 0.2) is 47.6 Å². The van der Waals surface area contributed by atoms with Crippen LogP contribution in [0.2, 0.25) is 5.02 Å². The molecule has 1 rings (SSSR count). The average Bonchev–Trinajstić information content (AvgIpc) is 2.44. The second kappa shape index (κ2) is 8.54. The minimum Gasteiger partial charge on any atom is -0.478 e. The molecular formula is C20H23ClO2. The maximum Gasteiger partial charge on any atom is 0.328 e. The lowest BCUT2D eigenvalue weighted by atomic mass is 9.98. The molecule has 0 aromatic heterocycles. The summed E-state index contributed by atoms with van der Waals surface area (Å²) in [4.78, 5) is 10.5. The van der Waals surface area contributed by atoms with Crippen LogP contribution in [-0.2, 0) is 4.79 Å². The quantitative estimate of drug-likeness (QED) is 0.546. The van der Waals surface area contributed by atoms with Gasteiger partial charge in [-0.05, 0) is 62.4 Å². The number of hydrogen-bond acceptors (Lipinski definition) is 1. The fraction of sp³-hybridized carbons (Fsp3) is 0.250. The lowest BCUT2D eigenvalue weighted by molar-refractivity contribution is -0.131. The smallest absolute Gasteiger partial charge is 0.328 e. The van der Waals surface area contributed by atoms with Gasteiger partial charge in [-0.25, -0.2) is 4.79 Å². The lowest BCUT2D eigenvalue weighted by Gasteiger charge is -2.10. The minimum atomic E-state index is -0.935. The van der Waals surface area contributed by atoms with Crippen molar-refractivity contribution in [2.75, 3.05) is 0 Å². The van der Waals surface area contributed by atoms with Crippen LogP contribution >= 0.6 is 11.6 Å². The van der Waals surface area contributed by atoms with Gasteiger partial charge < -0.3 is 5.11 Å². The number of carbonyl (C=O) groups is 1. The molecule has 0 unspecified atom stereocenters. The van der Waals surface area contributed by atoms with Crippen LogP contribution in [-0.4, -0.2) is 11.1 Å². The van der Waals surface area contributed by atoms with E-state index in [4.69, 9.17) is 16.7 Å². The van der Waals surface area contributed by atoms with E-state index in [1.165, 1.54) is 11.6 Å². The predicted molar refractivity (Wildman–Crippen MR) is 99.0 cm³/mol. The molecule has 122 valence electrons. The second-order valence-corrected chi connectivity index (χ2v) is 6.07. The van der Waals surface area contributed by atoms with Gasteiger partial charge in [-0.1, -0.05) is 53.6 Å². The van der Waals surface area contributed by atoms with Gasteiger partial charge in [0.2, 0.25) is 0 Å². The molecule has 0 radical (unpaired) electrons. The number of halogens is 1. The van der Waals surface area contributed by atoms with Gasteiger partial charge in [0.15, 0.2) is 0 Å². The van der Waals surface area contributed by atoms with Gasteiger partial charge in [-0.3, -0.25) is 0 Å². The standard InChI is InChI=1S/C20H23ClO2/c1-13(7-6-8-14(2)11-19(22)23)9-10-18-15(3)12-16(4)20(21)17(18)5/h6-12H,1-5H3,(H,22,23)/b8-6-,10-9-,13-7-,14-11-. The highest BCUT2D eigenvalue weighted by molar-refractivity contribution is 6.32. The van der Waals surface area contributed by atoms with Crippen molar-refractivity contribution in [2.45, 2.75) is 34.6 Å². The van der Waals surface area contributed by atoms with Gasteiger partial charge in [0.05, 0.1) is 0 Å². The summed E-state index contributed by atoms with van der Waals surface area (Å²) in [6, 6.07) is 2.09. The van der Waals surface area contributed by atoms with Crippen molar-refractivity contribution in [2.24, 2.45) is 0 Å². The Balaban J connectivity index is 2.94. The summed E-state index contributed by atoms with van der Waals surface area (Å²) in [6.45, 7) is 9.87. The minimum absolute atomic E-state index is 0.697. The second-order valence-electron chi connectivity index (χ2n) is 5.69. The van der Waals surface area contributed by atoms with Gasteiger partial charge in [-0.15, -0.1) is 0 Å². The number of aliphatic carboxylic acids is 1. The molecule has 0 heterocycles. The van der Waals surface area contributed by atoms with Crippen LogP contribution in [0.1, 0.15) is 36.1 Å². The summed E-state index contributed by atoms with van der Waals surface area (Å²) in [5, 5.41) is 9.46. The van der Waals surface area contributed by atoms with E-state index >= 15 is 0 Å². The molecule has 1 N–H and O–H groups in total. The highest BCUT2D eigenvalue weighted by atomic mass is 35.5. The van der Waals surface area contributed by atoms with Crippen molar-refractivity contribution in [3.05, 3.63) is 74.9 Å². The van der Waals surface area contributed by atoms with Crippen molar-refractivity contribution >= 4 is 23.6 Å². The molecule has 0 spiro atoms. The maximum absolute atomic E-state index is 10.5. The van der Waals surface area contributed by atoms with E-state index in [-0.39, 0.29) is 0 Å². The normalized spacial score (nSPS) is 13.3. The summed E-state index contributed by atoms with van der Waals surface area (Å²) in [6.07, 6.45) is 10.8. The number of carboxylic acids is 1. The van der Waals surface area contributed by atoms with Crippen LogP contribution in [0, 0.1) is 20.8 Å². The largest absolute Gasteiger partial charge is 0.478 e. The molecule has 23 heavy (non-hydrogen) atoms. The van der Waals surface area contributed by atoms with Crippen molar-refractivity contribution in [3.63, 3.8) is 0 Å². The fourth-order valence-electron chi connectivity index (χ4n) is 2.30. The molecule has 0 aliphatic carbocycles. The van der Waals surface area contributed by atoms with Crippen LogP contribution in [0.3, 0.4) is 0 Å². The fourth-order valence-corrected chi connectivity index (χ4v) is 2.45. The number of allylic oxidation sites excluding steroid dienone is 6. The van der Waals surface area contributed by atoms with E-state index in [0.29, 0.717) is 5.57 Å². The molecule has 0 amide bonds. The van der Waals surface area contributed by atoms with Crippen molar-refractivity contribution < 1.29 is 9.90 Å². The summed E-state index contributed by atoms with van der Waals surface area (Å²) in [5.74, 6) is -0.935. The Labute approximate surface area is 143 Å². The van der Waals surface area contributed by atoms with Crippen molar-refractivity contribution in [1.82, 2.24) is 0 Å². The van der Waals surface area contributed by atoms with Crippen LogP contribution in [0.4, 0.5) is 0 Å². The molecule has 0 bridgehead atoms. The van der Waals surface area contributed by atoms with E-state index in [2.05, 4.69) is 19.1 Å². The van der Waals surface area contributed by atoms with Gasteiger partial charge in [0.25, 0.3) is 0 Å². The molecule has 1 aromatic carbocycles. The molecule has 3 heteroatoms. The van der Waals surface area contributed by atoms with Gasteiger partial charge >= 0.3 is 5.97 Å². The number of carboxylic acid groups (broad SMARTS) is 1. The van der Waals surface area contributed by atoms with Crippen LogP contribution < -0.4 is 0 Å². The van der Waals surface area contributed by atoms with Crippen LogP contribution in [0.25, 0.3) is 6.08 Å².